The van der Waals surface area contributed by atoms with Crippen molar-refractivity contribution in [3.05, 3.63) is 59.1 Å². The number of hydrogen-bond donors (Lipinski definition) is 1. The maximum absolute atomic E-state index is 13.9. The maximum atomic E-state index is 13.9. The first-order valence-electron chi connectivity index (χ1n) is 8.75. The summed E-state index contributed by atoms with van der Waals surface area (Å²) in [5.41, 5.74) is -0.647. The van der Waals surface area contributed by atoms with Crippen molar-refractivity contribution in [3.8, 4) is 5.75 Å². The number of amides is 1. The number of rotatable bonds is 10. The van der Waals surface area contributed by atoms with Crippen LogP contribution in [-0.2, 0) is 14.8 Å². The third-order valence-electron chi connectivity index (χ3n) is 3.86. The van der Waals surface area contributed by atoms with Crippen LogP contribution in [0.2, 0.25) is 5.02 Å². The van der Waals surface area contributed by atoms with Crippen LogP contribution in [0, 0.1) is 11.6 Å². The van der Waals surface area contributed by atoms with Crippen LogP contribution in [0.15, 0.2) is 42.5 Å². The molecule has 10 heteroatoms. The highest BCUT2D eigenvalue weighted by Gasteiger charge is 2.24. The minimum atomic E-state index is -3.92. The molecule has 0 spiro atoms. The van der Waals surface area contributed by atoms with Crippen LogP contribution in [-0.4, -0.2) is 40.3 Å². The molecule has 0 bridgehead atoms. The van der Waals surface area contributed by atoms with Gasteiger partial charge in [0.25, 0.3) is 0 Å². The summed E-state index contributed by atoms with van der Waals surface area (Å²) in [7, 11) is -3.92. The van der Waals surface area contributed by atoms with E-state index in [-0.39, 0.29) is 38.4 Å². The average molecular weight is 447 g/mol. The third kappa shape index (κ3) is 7.17. The SMILES string of the molecule is CS(=O)(=O)N(CCCC(=O)NCCOc1ccc(Cl)cc1)c1c(F)cccc1F. The fraction of sp³-hybridized carbons (Fsp3) is 0.316. The van der Waals surface area contributed by atoms with Gasteiger partial charge in [-0.25, -0.2) is 17.2 Å². The number of para-hydroxylation sites is 1. The number of carbonyl (C=O) groups is 1. The number of carbonyl (C=O) groups excluding carboxylic acids is 1. The van der Waals surface area contributed by atoms with Gasteiger partial charge in [0.05, 0.1) is 12.8 Å². The first-order chi connectivity index (χ1) is 13.7. The summed E-state index contributed by atoms with van der Waals surface area (Å²) >= 11 is 5.77. The third-order valence-corrected chi connectivity index (χ3v) is 5.28. The van der Waals surface area contributed by atoms with Crippen molar-refractivity contribution >= 4 is 33.2 Å². The van der Waals surface area contributed by atoms with E-state index in [0.29, 0.717) is 15.1 Å². The fourth-order valence-corrected chi connectivity index (χ4v) is 3.63. The second kappa shape index (κ2) is 10.4. The van der Waals surface area contributed by atoms with Crippen LogP contribution >= 0.6 is 11.6 Å². The molecular weight excluding hydrogens is 426 g/mol. The van der Waals surface area contributed by atoms with Crippen LogP contribution in [0.3, 0.4) is 0 Å². The van der Waals surface area contributed by atoms with E-state index >= 15 is 0 Å². The highest BCUT2D eigenvalue weighted by molar-refractivity contribution is 7.92. The van der Waals surface area contributed by atoms with Crippen molar-refractivity contribution in [1.29, 1.82) is 0 Å². The van der Waals surface area contributed by atoms with E-state index in [0.717, 1.165) is 24.5 Å². The Morgan fingerprint density at radius 2 is 1.76 bits per heavy atom. The van der Waals surface area contributed by atoms with Gasteiger partial charge in [0.2, 0.25) is 15.9 Å². The highest BCUT2D eigenvalue weighted by Crippen LogP contribution is 2.25. The molecule has 0 radical (unpaired) electrons. The van der Waals surface area contributed by atoms with Crippen LogP contribution in [0.25, 0.3) is 0 Å². The summed E-state index contributed by atoms with van der Waals surface area (Å²) in [6, 6.07) is 9.86. The smallest absolute Gasteiger partial charge is 0.232 e. The zero-order valence-corrected chi connectivity index (χ0v) is 17.3. The number of hydrogen-bond acceptors (Lipinski definition) is 4. The Kier molecular flexibility index (Phi) is 8.21. The van der Waals surface area contributed by atoms with E-state index in [2.05, 4.69) is 5.32 Å². The summed E-state index contributed by atoms with van der Waals surface area (Å²) in [5.74, 6) is -1.69. The molecule has 158 valence electrons. The Balaban J connectivity index is 1.80. The monoisotopic (exact) mass is 446 g/mol. The average Bonchev–Trinajstić information content (AvgIpc) is 2.64. The van der Waals surface area contributed by atoms with Gasteiger partial charge in [-0.3, -0.25) is 9.10 Å². The van der Waals surface area contributed by atoms with Gasteiger partial charge >= 0.3 is 0 Å². The van der Waals surface area contributed by atoms with Gasteiger partial charge in [-0.15, -0.1) is 0 Å². The van der Waals surface area contributed by atoms with Gasteiger partial charge in [0.1, 0.15) is 18.0 Å². The lowest BCUT2D eigenvalue weighted by atomic mass is 10.2. The summed E-state index contributed by atoms with van der Waals surface area (Å²) in [6.07, 6.45) is 0.931. The zero-order chi connectivity index (χ0) is 21.4. The van der Waals surface area contributed by atoms with Crippen LogP contribution < -0.4 is 14.4 Å². The molecule has 0 aliphatic heterocycles. The molecule has 0 atom stereocenters. The molecule has 2 rings (SSSR count). The molecule has 0 unspecified atom stereocenters. The van der Waals surface area contributed by atoms with E-state index in [1.54, 1.807) is 24.3 Å². The largest absolute Gasteiger partial charge is 0.492 e. The molecule has 0 fully saturated rings. The molecular formula is C19H21ClF2N2O4S. The molecule has 0 aliphatic carbocycles. The molecule has 2 aromatic carbocycles. The van der Waals surface area contributed by atoms with Gasteiger partial charge in [0.15, 0.2) is 11.6 Å². The number of ether oxygens (including phenoxy) is 1. The van der Waals surface area contributed by atoms with Gasteiger partial charge in [-0.05, 0) is 42.8 Å². The second-order valence-corrected chi connectivity index (χ2v) is 8.50. The van der Waals surface area contributed by atoms with Crippen molar-refractivity contribution in [2.24, 2.45) is 0 Å². The molecule has 29 heavy (non-hydrogen) atoms. The zero-order valence-electron chi connectivity index (χ0n) is 15.7. The lowest BCUT2D eigenvalue weighted by Crippen LogP contribution is -2.34. The predicted octanol–water partition coefficient (Wildman–Crippen LogP) is 3.36. The minimum Gasteiger partial charge on any atom is -0.492 e. The van der Waals surface area contributed by atoms with E-state index in [4.69, 9.17) is 16.3 Å². The Bertz CT molecular complexity index is 919. The van der Waals surface area contributed by atoms with Crippen LogP contribution in [0.4, 0.5) is 14.5 Å². The maximum Gasteiger partial charge on any atom is 0.232 e. The van der Waals surface area contributed by atoms with Crippen molar-refractivity contribution in [1.82, 2.24) is 5.32 Å². The predicted molar refractivity (Wildman–Crippen MR) is 108 cm³/mol. The topological polar surface area (TPSA) is 75.7 Å². The number of sulfonamides is 1. The standard InChI is InChI=1S/C19H21ClF2N2O4S/c1-29(26,27)24(19-16(21)4-2-5-17(19)22)12-3-6-18(25)23-11-13-28-15-9-7-14(20)8-10-15/h2,4-5,7-10H,3,6,11-13H2,1H3,(H,23,25). The summed E-state index contributed by atoms with van der Waals surface area (Å²) in [4.78, 5) is 11.9. The van der Waals surface area contributed by atoms with Crippen molar-refractivity contribution in [2.75, 3.05) is 30.3 Å². The fourth-order valence-electron chi connectivity index (χ4n) is 2.53. The number of halogens is 3. The number of nitrogens with one attached hydrogen (secondary N) is 1. The minimum absolute atomic E-state index is 0.0109. The molecule has 0 saturated carbocycles. The molecule has 6 nitrogen and oxygen atoms in total. The molecule has 0 aromatic heterocycles. The molecule has 1 N–H and O–H groups in total. The summed E-state index contributed by atoms with van der Waals surface area (Å²) in [5, 5.41) is 3.22. The van der Waals surface area contributed by atoms with Crippen molar-refractivity contribution in [2.45, 2.75) is 12.8 Å². The quantitative estimate of drug-likeness (QED) is 0.568. The Labute approximate surface area is 173 Å². The lowest BCUT2D eigenvalue weighted by molar-refractivity contribution is -0.121. The summed E-state index contributed by atoms with van der Waals surface area (Å²) in [6.45, 7) is 0.258. The molecule has 0 saturated heterocycles. The Morgan fingerprint density at radius 1 is 1.14 bits per heavy atom. The van der Waals surface area contributed by atoms with Crippen molar-refractivity contribution < 1.29 is 26.7 Å². The first-order valence-corrected chi connectivity index (χ1v) is 11.0. The highest BCUT2D eigenvalue weighted by atomic mass is 35.5. The van der Waals surface area contributed by atoms with E-state index < -0.39 is 27.3 Å². The summed E-state index contributed by atoms with van der Waals surface area (Å²) < 4.78 is 57.8. The van der Waals surface area contributed by atoms with Gasteiger partial charge in [-0.2, -0.15) is 0 Å². The Morgan fingerprint density at radius 3 is 2.34 bits per heavy atom. The first kappa shape index (κ1) is 22.9. The van der Waals surface area contributed by atoms with E-state index in [9.17, 15) is 22.0 Å². The van der Waals surface area contributed by atoms with E-state index in [1.807, 2.05) is 0 Å². The Hall–Kier alpha value is -2.39. The molecule has 2 aromatic rings. The molecule has 0 aliphatic rings. The number of nitrogens with zero attached hydrogens (tertiary/aromatic N) is 1. The molecule has 1 amide bonds. The normalized spacial score (nSPS) is 11.2. The van der Waals surface area contributed by atoms with Crippen LogP contribution in [0.5, 0.6) is 5.75 Å². The van der Waals surface area contributed by atoms with Gasteiger partial charge in [-0.1, -0.05) is 17.7 Å². The number of benzene rings is 2. The lowest BCUT2D eigenvalue weighted by Gasteiger charge is -2.23. The van der Waals surface area contributed by atoms with Gasteiger partial charge in [0, 0.05) is 18.0 Å². The molecule has 0 heterocycles. The van der Waals surface area contributed by atoms with Gasteiger partial charge < -0.3 is 10.1 Å². The van der Waals surface area contributed by atoms with Crippen LogP contribution in [0.1, 0.15) is 12.8 Å². The van der Waals surface area contributed by atoms with E-state index in [1.165, 1.54) is 0 Å². The second-order valence-electron chi connectivity index (χ2n) is 6.16. The number of anilines is 1. The van der Waals surface area contributed by atoms with Crippen molar-refractivity contribution in [3.63, 3.8) is 0 Å².